The summed E-state index contributed by atoms with van der Waals surface area (Å²) in [5.41, 5.74) is 1.93. The van der Waals surface area contributed by atoms with E-state index in [1.807, 2.05) is 27.0 Å². The summed E-state index contributed by atoms with van der Waals surface area (Å²) >= 11 is 3.44. The molecule has 0 aliphatic carbocycles. The van der Waals surface area contributed by atoms with Crippen LogP contribution in [0.3, 0.4) is 0 Å². The molecule has 4 nitrogen and oxygen atoms in total. The predicted octanol–water partition coefficient (Wildman–Crippen LogP) is 2.65. The van der Waals surface area contributed by atoms with Gasteiger partial charge in [0.25, 0.3) is 0 Å². The Hall–Kier alpha value is -0.430. The highest BCUT2D eigenvalue weighted by atomic mass is 79.9. The van der Waals surface area contributed by atoms with Gasteiger partial charge in [0.1, 0.15) is 0 Å². The van der Waals surface area contributed by atoms with Gasteiger partial charge in [-0.1, -0.05) is 6.07 Å². The zero-order chi connectivity index (χ0) is 14.9. The summed E-state index contributed by atoms with van der Waals surface area (Å²) in [7, 11) is -1.57. The normalized spacial score (nSPS) is 20.5. The molecule has 1 atom stereocenters. The second-order valence-corrected chi connectivity index (χ2v) is 8.01. The number of sulfonamides is 1. The molecule has 0 saturated carbocycles. The molecule has 0 bridgehead atoms. The minimum Gasteiger partial charge on any atom is -0.316 e. The number of nitrogens with one attached hydrogen (secondary N) is 1. The van der Waals surface area contributed by atoms with Gasteiger partial charge in [-0.05, 0) is 66.9 Å². The molecule has 0 aromatic heterocycles. The maximum absolute atomic E-state index is 12.8. The lowest BCUT2D eigenvalue weighted by Crippen LogP contribution is -2.34. The largest absolute Gasteiger partial charge is 0.316 e. The number of nitrogens with zero attached hydrogens (tertiary/aromatic N) is 1. The highest BCUT2D eigenvalue weighted by molar-refractivity contribution is 9.10. The van der Waals surface area contributed by atoms with Crippen molar-refractivity contribution in [1.82, 2.24) is 9.62 Å². The number of hydrogen-bond acceptors (Lipinski definition) is 3. The van der Waals surface area contributed by atoms with Crippen LogP contribution in [0.4, 0.5) is 0 Å². The molecule has 1 aromatic rings. The van der Waals surface area contributed by atoms with Gasteiger partial charge in [0.2, 0.25) is 10.0 Å². The fourth-order valence-corrected chi connectivity index (χ4v) is 5.43. The van der Waals surface area contributed by atoms with E-state index in [4.69, 9.17) is 0 Å². The maximum Gasteiger partial charge on any atom is 0.244 e. The van der Waals surface area contributed by atoms with Crippen LogP contribution in [0.5, 0.6) is 0 Å². The van der Waals surface area contributed by atoms with E-state index >= 15 is 0 Å². The van der Waals surface area contributed by atoms with Crippen LogP contribution in [0, 0.1) is 6.92 Å². The molecule has 2 rings (SSSR count). The van der Waals surface area contributed by atoms with Crippen LogP contribution in [-0.2, 0) is 16.6 Å². The topological polar surface area (TPSA) is 49.4 Å². The van der Waals surface area contributed by atoms with Gasteiger partial charge in [-0.3, -0.25) is 0 Å². The van der Waals surface area contributed by atoms with E-state index < -0.39 is 10.0 Å². The van der Waals surface area contributed by atoms with Gasteiger partial charge in [-0.25, -0.2) is 8.42 Å². The molecule has 1 aromatic carbocycles. The fraction of sp³-hybridized carbons (Fsp3) is 0.571. The molecule has 20 heavy (non-hydrogen) atoms. The second kappa shape index (κ2) is 6.13. The first-order chi connectivity index (χ1) is 9.37. The highest BCUT2D eigenvalue weighted by Crippen LogP contribution is 2.33. The quantitative estimate of drug-likeness (QED) is 0.897. The molecular formula is C14H21BrN2O2S. The monoisotopic (exact) mass is 360 g/mol. The van der Waals surface area contributed by atoms with Crippen LogP contribution in [-0.4, -0.2) is 32.4 Å². The molecular weight excluding hydrogens is 340 g/mol. The zero-order valence-electron chi connectivity index (χ0n) is 12.1. The van der Waals surface area contributed by atoms with Gasteiger partial charge in [0.05, 0.1) is 4.90 Å². The number of halogens is 1. The molecule has 0 amide bonds. The van der Waals surface area contributed by atoms with E-state index in [1.54, 1.807) is 10.4 Å². The van der Waals surface area contributed by atoms with E-state index in [0.717, 1.165) is 24.0 Å². The Morgan fingerprint density at radius 1 is 1.45 bits per heavy atom. The molecule has 0 radical (unpaired) electrons. The Bertz CT molecular complexity index is 601. The summed E-state index contributed by atoms with van der Waals surface area (Å²) in [4.78, 5) is 0.386. The molecule has 0 spiro atoms. The van der Waals surface area contributed by atoms with Gasteiger partial charge >= 0.3 is 0 Å². The minimum atomic E-state index is -3.42. The Morgan fingerprint density at radius 3 is 2.70 bits per heavy atom. The number of aryl methyl sites for hydroxylation is 1. The number of benzene rings is 1. The Balaban J connectivity index is 2.50. The maximum atomic E-state index is 12.8. The smallest absolute Gasteiger partial charge is 0.244 e. The Labute approximate surface area is 129 Å². The van der Waals surface area contributed by atoms with Gasteiger partial charge in [0.15, 0.2) is 0 Å². The predicted molar refractivity (Wildman–Crippen MR) is 84.2 cm³/mol. The molecule has 1 aliphatic rings. The van der Waals surface area contributed by atoms with Crippen molar-refractivity contribution in [3.63, 3.8) is 0 Å². The van der Waals surface area contributed by atoms with Gasteiger partial charge in [0, 0.05) is 23.6 Å². The van der Waals surface area contributed by atoms with Crippen molar-refractivity contribution < 1.29 is 8.42 Å². The summed E-state index contributed by atoms with van der Waals surface area (Å²) in [6.07, 6.45) is 1.87. The molecule has 112 valence electrons. The van der Waals surface area contributed by atoms with Crippen LogP contribution < -0.4 is 5.32 Å². The third kappa shape index (κ3) is 2.93. The second-order valence-electron chi connectivity index (χ2n) is 5.36. The molecule has 1 saturated heterocycles. The van der Waals surface area contributed by atoms with E-state index in [2.05, 4.69) is 21.2 Å². The minimum absolute atomic E-state index is 0.0835. The van der Waals surface area contributed by atoms with Crippen molar-refractivity contribution in [3.05, 3.63) is 27.7 Å². The number of rotatable bonds is 4. The first kappa shape index (κ1) is 15.9. The van der Waals surface area contributed by atoms with Crippen molar-refractivity contribution in [1.29, 1.82) is 0 Å². The lowest BCUT2D eigenvalue weighted by molar-refractivity contribution is 0.408. The molecule has 1 heterocycles. The van der Waals surface area contributed by atoms with E-state index in [1.165, 1.54) is 0 Å². The number of hydrogen-bond donors (Lipinski definition) is 1. The van der Waals surface area contributed by atoms with E-state index in [-0.39, 0.29) is 6.04 Å². The Kier molecular flexibility index (Phi) is 4.89. The molecule has 1 fully saturated rings. The van der Waals surface area contributed by atoms with Crippen molar-refractivity contribution in [2.75, 3.05) is 13.6 Å². The van der Waals surface area contributed by atoms with Crippen LogP contribution in [0.2, 0.25) is 0 Å². The summed E-state index contributed by atoms with van der Waals surface area (Å²) in [5.74, 6) is 0. The summed E-state index contributed by atoms with van der Waals surface area (Å²) in [6, 6.07) is 3.86. The lowest BCUT2D eigenvalue weighted by Gasteiger charge is -2.22. The van der Waals surface area contributed by atoms with Crippen molar-refractivity contribution in [2.45, 2.75) is 44.2 Å². The van der Waals surface area contributed by atoms with Gasteiger partial charge in [-0.15, -0.1) is 0 Å². The van der Waals surface area contributed by atoms with E-state index in [0.29, 0.717) is 22.5 Å². The van der Waals surface area contributed by atoms with Gasteiger partial charge < -0.3 is 5.32 Å². The van der Waals surface area contributed by atoms with Crippen LogP contribution >= 0.6 is 15.9 Å². The van der Waals surface area contributed by atoms with Crippen molar-refractivity contribution in [3.8, 4) is 0 Å². The van der Waals surface area contributed by atoms with Crippen LogP contribution in [0.1, 0.15) is 30.9 Å². The van der Waals surface area contributed by atoms with Crippen LogP contribution in [0.25, 0.3) is 0 Å². The van der Waals surface area contributed by atoms with Crippen LogP contribution in [0.15, 0.2) is 21.5 Å². The Morgan fingerprint density at radius 2 is 2.15 bits per heavy atom. The third-order valence-corrected chi connectivity index (χ3v) is 7.09. The zero-order valence-corrected chi connectivity index (χ0v) is 14.5. The first-order valence-corrected chi connectivity index (χ1v) is 9.06. The lowest BCUT2D eigenvalue weighted by atomic mass is 10.1. The standard InChI is InChI=1S/C14H21BrN2O2S/c1-10-7-12(9-16-3)8-13(14(10)15)20(18,19)17-6-4-5-11(17)2/h7-8,11,16H,4-6,9H2,1-3H3. The van der Waals surface area contributed by atoms with Gasteiger partial charge in [-0.2, -0.15) is 4.31 Å². The summed E-state index contributed by atoms with van der Waals surface area (Å²) in [6.45, 7) is 5.18. The van der Waals surface area contributed by atoms with E-state index in [9.17, 15) is 8.42 Å². The average Bonchev–Trinajstić information content (AvgIpc) is 2.80. The highest BCUT2D eigenvalue weighted by Gasteiger charge is 2.34. The molecule has 1 aliphatic heterocycles. The fourth-order valence-electron chi connectivity index (χ4n) is 2.69. The van der Waals surface area contributed by atoms with Crippen molar-refractivity contribution in [2.24, 2.45) is 0 Å². The first-order valence-electron chi connectivity index (χ1n) is 6.83. The average molecular weight is 361 g/mol. The molecule has 1 N–H and O–H groups in total. The molecule has 1 unspecified atom stereocenters. The summed E-state index contributed by atoms with van der Waals surface area (Å²) < 4.78 is 28.0. The van der Waals surface area contributed by atoms with Crippen molar-refractivity contribution >= 4 is 26.0 Å². The molecule has 6 heteroatoms. The SMILES string of the molecule is CNCc1cc(C)c(Br)c(S(=O)(=O)N2CCCC2C)c1. The third-order valence-electron chi connectivity index (χ3n) is 3.74. The summed E-state index contributed by atoms with van der Waals surface area (Å²) in [5, 5.41) is 3.06.